The molecule has 14 heteroatoms. The molecule has 4 saturated heterocycles. The van der Waals surface area contributed by atoms with E-state index in [-0.39, 0.29) is 6.07 Å². The SMILES string of the molecule is Cc1ccccc1-c1cc(N2CCN(C)CC2)ncc1N(C)C(=O)C(C)(C)c1cc(C(F)(F)F)cc(C(F)(F)F)c1.O=C1c2cccc3c2[C@H](CCC3)CN1[C@@H]1CN2CCC1CC2. The lowest BCUT2D eigenvalue weighted by Crippen LogP contribution is -2.60. The number of benzene rings is 3. The van der Waals surface area contributed by atoms with Gasteiger partial charge in [-0.05, 0) is 137 Å². The smallest absolute Gasteiger partial charge is 0.354 e. The second kappa shape index (κ2) is 17.2. The molecule has 0 saturated carbocycles. The van der Waals surface area contributed by atoms with Crippen LogP contribution in [0.1, 0.15) is 89.2 Å². The molecule has 0 spiro atoms. The Labute approximate surface area is 365 Å². The lowest BCUT2D eigenvalue weighted by atomic mass is 9.75. The first-order chi connectivity index (χ1) is 29.8. The van der Waals surface area contributed by atoms with Crippen LogP contribution >= 0.6 is 0 Å². The minimum Gasteiger partial charge on any atom is -0.354 e. The summed E-state index contributed by atoms with van der Waals surface area (Å²) in [6.07, 6.45) is -2.25. The van der Waals surface area contributed by atoms with Crippen LogP contribution in [0, 0.1) is 12.8 Å². The summed E-state index contributed by atoms with van der Waals surface area (Å²) in [6.45, 7) is 12.4. The second-order valence-corrected chi connectivity index (χ2v) is 18.6. The van der Waals surface area contributed by atoms with Crippen molar-refractivity contribution in [1.29, 1.82) is 0 Å². The van der Waals surface area contributed by atoms with Crippen molar-refractivity contribution >= 4 is 23.3 Å². The van der Waals surface area contributed by atoms with Crippen molar-refractivity contribution in [1.82, 2.24) is 19.7 Å². The Morgan fingerprint density at radius 1 is 0.762 bits per heavy atom. The van der Waals surface area contributed by atoms with Gasteiger partial charge in [-0.2, -0.15) is 26.3 Å². The predicted molar refractivity (Wildman–Crippen MR) is 233 cm³/mol. The third-order valence-electron chi connectivity index (χ3n) is 14.2. The Morgan fingerprint density at radius 2 is 1.40 bits per heavy atom. The van der Waals surface area contributed by atoms with Crippen molar-refractivity contribution in [3.8, 4) is 11.1 Å². The third kappa shape index (κ3) is 8.94. The van der Waals surface area contributed by atoms with Crippen molar-refractivity contribution in [2.24, 2.45) is 5.92 Å². The van der Waals surface area contributed by atoms with Gasteiger partial charge in [0.1, 0.15) is 5.82 Å². The number of piperidine rings is 3. The van der Waals surface area contributed by atoms with Gasteiger partial charge >= 0.3 is 12.4 Å². The number of anilines is 2. The van der Waals surface area contributed by atoms with Crippen LogP contribution in [0.15, 0.2) is 72.9 Å². The van der Waals surface area contributed by atoms with Gasteiger partial charge in [-0.3, -0.25) is 9.59 Å². The molecule has 8 nitrogen and oxygen atoms in total. The Bertz CT molecular complexity index is 2320. The molecule has 1 aliphatic carbocycles. The lowest BCUT2D eigenvalue weighted by molar-refractivity contribution is -0.143. The van der Waals surface area contributed by atoms with Crippen LogP contribution in [0.2, 0.25) is 0 Å². The van der Waals surface area contributed by atoms with Crippen LogP contribution in [-0.2, 0) is 29.0 Å². The number of carbonyl (C=O) groups excluding carboxylic acids is 2. The highest BCUT2D eigenvalue weighted by Gasteiger charge is 2.45. The van der Waals surface area contributed by atoms with Crippen molar-refractivity contribution in [2.45, 2.75) is 82.6 Å². The first kappa shape index (κ1) is 44.6. The molecule has 0 unspecified atom stereocenters. The van der Waals surface area contributed by atoms with Gasteiger partial charge in [0.05, 0.1) is 28.4 Å². The van der Waals surface area contributed by atoms with Gasteiger partial charge in [0.15, 0.2) is 0 Å². The number of rotatable bonds is 6. The standard InChI is InChI=1S/C30H32F6N4O.C19H24N2O/c1-19-8-6-7-9-23(19)24-17-26(40-12-10-38(4)11-13-40)37-18-25(24)39(5)27(41)28(2,3)20-14-21(29(31,32)33)16-22(15-20)30(34,35)36;22-19-16-6-2-4-14-3-1-5-15(18(14)16)11-21(19)17-12-20-9-7-13(17)8-10-20/h6-9,14-18H,10-13H2,1-5H3;2,4,6,13,15,17H,1,3,5,7-12H2/t;15-,17-/m.1/s1. The summed E-state index contributed by atoms with van der Waals surface area (Å²) in [5, 5.41) is 0. The third-order valence-corrected chi connectivity index (χ3v) is 14.2. The number of fused-ring (bicyclic) bond motifs is 3. The molecule has 63 heavy (non-hydrogen) atoms. The largest absolute Gasteiger partial charge is 0.416 e. The normalized spacial score (nSPS) is 22.6. The number of piperazine rings is 1. The van der Waals surface area contributed by atoms with Crippen molar-refractivity contribution < 1.29 is 35.9 Å². The van der Waals surface area contributed by atoms with Crippen LogP contribution < -0.4 is 9.80 Å². The zero-order valence-electron chi connectivity index (χ0n) is 36.6. The molecule has 2 atom stereocenters. The van der Waals surface area contributed by atoms with Crippen molar-refractivity contribution in [3.05, 3.63) is 112 Å². The number of alkyl halides is 6. The fraction of sp³-hybridized carbons (Fsp3) is 0.490. The molecule has 4 aromatic rings. The Morgan fingerprint density at radius 3 is 2.02 bits per heavy atom. The Hall–Kier alpha value is -4.95. The average Bonchev–Trinajstić information content (AvgIpc) is 3.27. The molecular weight excluding hydrogens is 819 g/mol. The van der Waals surface area contributed by atoms with Crippen LogP contribution in [0.4, 0.5) is 37.8 Å². The molecule has 2 amide bonds. The molecule has 6 heterocycles. The van der Waals surface area contributed by atoms with Gasteiger partial charge in [0.25, 0.3) is 5.91 Å². The monoisotopic (exact) mass is 874 g/mol. The molecule has 0 N–H and O–H groups in total. The first-order valence-corrected chi connectivity index (χ1v) is 22.0. The van der Waals surface area contributed by atoms with Gasteiger partial charge in [-0.15, -0.1) is 0 Å². The minimum absolute atomic E-state index is 0.0606. The lowest BCUT2D eigenvalue weighted by Gasteiger charge is -2.51. The fourth-order valence-corrected chi connectivity index (χ4v) is 10.4. The fourth-order valence-electron chi connectivity index (χ4n) is 10.4. The molecule has 5 aliphatic heterocycles. The summed E-state index contributed by atoms with van der Waals surface area (Å²) in [5.41, 5.74) is 1.61. The van der Waals surface area contributed by atoms with E-state index >= 15 is 0 Å². The summed E-state index contributed by atoms with van der Waals surface area (Å²) in [6, 6.07) is 17.6. The predicted octanol–water partition coefficient (Wildman–Crippen LogP) is 9.44. The number of amides is 2. The van der Waals surface area contributed by atoms with E-state index in [2.05, 4.69) is 42.8 Å². The molecule has 10 rings (SSSR count). The second-order valence-electron chi connectivity index (χ2n) is 18.6. The Kier molecular flexibility index (Phi) is 12.2. The summed E-state index contributed by atoms with van der Waals surface area (Å²) in [4.78, 5) is 42.1. The van der Waals surface area contributed by atoms with E-state index in [1.807, 2.05) is 44.3 Å². The molecule has 4 fully saturated rings. The number of aromatic nitrogens is 1. The minimum atomic E-state index is -5.03. The summed E-state index contributed by atoms with van der Waals surface area (Å²) in [7, 11) is 3.49. The van der Waals surface area contributed by atoms with Gasteiger partial charge in [-0.25, -0.2) is 4.98 Å². The van der Waals surface area contributed by atoms with Crippen LogP contribution in [0.25, 0.3) is 11.1 Å². The Balaban J connectivity index is 0.000000205. The van der Waals surface area contributed by atoms with E-state index < -0.39 is 40.4 Å². The summed E-state index contributed by atoms with van der Waals surface area (Å²) in [5.74, 6) is 1.67. The molecule has 6 aliphatic rings. The van der Waals surface area contributed by atoms with E-state index in [0.29, 0.717) is 47.1 Å². The van der Waals surface area contributed by atoms with Crippen LogP contribution in [0.3, 0.4) is 0 Å². The average molecular weight is 875 g/mol. The highest BCUT2D eigenvalue weighted by molar-refractivity contribution is 6.03. The maximum atomic E-state index is 13.9. The molecule has 1 aromatic heterocycles. The van der Waals surface area contributed by atoms with Gasteiger partial charge in [0.2, 0.25) is 5.91 Å². The number of aryl methyl sites for hydroxylation is 2. The van der Waals surface area contributed by atoms with Gasteiger partial charge < -0.3 is 24.5 Å². The number of pyridine rings is 1. The van der Waals surface area contributed by atoms with Crippen molar-refractivity contribution in [3.63, 3.8) is 0 Å². The van der Waals surface area contributed by atoms with Gasteiger partial charge in [-0.1, -0.05) is 36.4 Å². The quantitative estimate of drug-likeness (QED) is 0.180. The molecule has 0 radical (unpaired) electrons. The number of halogens is 6. The highest BCUT2D eigenvalue weighted by Crippen LogP contribution is 2.43. The van der Waals surface area contributed by atoms with E-state index in [4.69, 9.17) is 0 Å². The van der Waals surface area contributed by atoms with E-state index in [0.717, 1.165) is 68.3 Å². The molecular formula is C49H56F6N6O2. The summed E-state index contributed by atoms with van der Waals surface area (Å²) < 4.78 is 81.4. The maximum Gasteiger partial charge on any atom is 0.416 e. The van der Waals surface area contributed by atoms with Crippen molar-refractivity contribution in [2.75, 3.05) is 76.3 Å². The van der Waals surface area contributed by atoms with E-state index in [1.165, 1.54) is 81.9 Å². The maximum absolute atomic E-state index is 13.9. The van der Waals surface area contributed by atoms with Crippen LogP contribution in [-0.4, -0.2) is 104 Å². The highest BCUT2D eigenvalue weighted by atomic mass is 19.4. The number of carbonyl (C=O) groups is 2. The zero-order chi connectivity index (χ0) is 45.0. The van der Waals surface area contributed by atoms with Crippen LogP contribution in [0.5, 0.6) is 0 Å². The molecule has 336 valence electrons. The number of hydrogen-bond acceptors (Lipinski definition) is 6. The number of nitrogens with zero attached hydrogens (tertiary/aromatic N) is 6. The summed E-state index contributed by atoms with van der Waals surface area (Å²) >= 11 is 0. The van der Waals surface area contributed by atoms with E-state index in [9.17, 15) is 35.9 Å². The van der Waals surface area contributed by atoms with Gasteiger partial charge in [0, 0.05) is 69.4 Å². The number of likely N-dealkylation sites (N-methyl/N-ethyl adjacent to an activating group) is 2. The first-order valence-electron chi connectivity index (χ1n) is 22.0. The number of hydrogen-bond donors (Lipinski definition) is 0. The van der Waals surface area contributed by atoms with E-state index in [1.54, 1.807) is 0 Å². The zero-order valence-corrected chi connectivity index (χ0v) is 36.6. The molecule has 2 bridgehead atoms. The molecule has 3 aromatic carbocycles. The topological polar surface area (TPSA) is 63.2 Å².